The van der Waals surface area contributed by atoms with Gasteiger partial charge >= 0.3 is 6.09 Å². The molecule has 2 amide bonds. The van der Waals surface area contributed by atoms with Crippen molar-refractivity contribution >= 4 is 29.1 Å². The monoisotopic (exact) mass is 523 g/mol. The average molecular weight is 524 g/mol. The number of hydrogen-bond donors (Lipinski definition) is 3. The van der Waals surface area contributed by atoms with Crippen molar-refractivity contribution in [1.82, 2.24) is 4.90 Å². The summed E-state index contributed by atoms with van der Waals surface area (Å²) in [7, 11) is 0. The van der Waals surface area contributed by atoms with Gasteiger partial charge in [-0.05, 0) is 75.4 Å². The Morgan fingerprint density at radius 2 is 1.74 bits per heavy atom. The van der Waals surface area contributed by atoms with Gasteiger partial charge in [0.2, 0.25) is 5.91 Å². The molecule has 4 rings (SSSR count). The molecule has 2 aliphatic rings. The number of nitrogens with two attached hydrogens (primary N) is 1. The highest BCUT2D eigenvalue weighted by Gasteiger charge is 2.26. The molecular weight excluding hydrogens is 482 g/mol. The normalized spacial score (nSPS) is 20.0. The third-order valence-corrected chi connectivity index (χ3v) is 7.47. The first kappa shape index (κ1) is 27.7. The number of nitrogens with one attached hydrogen (secondary N) is 2. The molecule has 2 fully saturated rings. The quantitative estimate of drug-likeness (QED) is 0.429. The number of anilines is 3. The molecule has 2 aromatic rings. The predicted molar refractivity (Wildman–Crippen MR) is 151 cm³/mol. The number of benzene rings is 2. The van der Waals surface area contributed by atoms with E-state index in [2.05, 4.69) is 32.6 Å². The molecular formula is C29H41N5O4. The summed E-state index contributed by atoms with van der Waals surface area (Å²) in [6.07, 6.45) is 3.43. The lowest BCUT2D eigenvalue weighted by Gasteiger charge is -2.36. The topological polar surface area (TPSA) is 109 Å². The van der Waals surface area contributed by atoms with Gasteiger partial charge in [0.15, 0.2) is 0 Å². The van der Waals surface area contributed by atoms with Crippen molar-refractivity contribution < 1.29 is 19.1 Å². The average Bonchev–Trinajstić information content (AvgIpc) is 2.95. The van der Waals surface area contributed by atoms with E-state index >= 15 is 0 Å². The molecule has 1 aliphatic carbocycles. The van der Waals surface area contributed by atoms with Crippen LogP contribution in [-0.2, 0) is 9.53 Å². The maximum absolute atomic E-state index is 12.8. The van der Waals surface area contributed by atoms with Gasteiger partial charge in [-0.1, -0.05) is 18.2 Å². The van der Waals surface area contributed by atoms with Gasteiger partial charge in [-0.15, -0.1) is 0 Å². The van der Waals surface area contributed by atoms with Crippen LogP contribution in [0, 0.1) is 11.8 Å². The number of hydrogen-bond acceptors (Lipinski definition) is 7. The highest BCUT2D eigenvalue weighted by Crippen LogP contribution is 2.30. The lowest BCUT2D eigenvalue weighted by Crippen LogP contribution is -2.47. The van der Waals surface area contributed by atoms with Gasteiger partial charge in [-0.3, -0.25) is 15.0 Å². The summed E-state index contributed by atoms with van der Waals surface area (Å²) in [5.41, 5.74) is 8.34. The Labute approximate surface area is 225 Å². The van der Waals surface area contributed by atoms with Crippen LogP contribution in [0.5, 0.6) is 5.75 Å². The predicted octanol–water partition coefficient (Wildman–Crippen LogP) is 4.16. The Hall–Kier alpha value is -3.30. The Balaban J connectivity index is 1.18. The Morgan fingerprint density at radius 3 is 2.47 bits per heavy atom. The number of ether oxygens (including phenoxy) is 2. The van der Waals surface area contributed by atoms with Gasteiger partial charge in [-0.25, -0.2) is 4.79 Å². The van der Waals surface area contributed by atoms with E-state index < -0.39 is 6.09 Å². The maximum Gasteiger partial charge on any atom is 0.411 e. The smallest absolute Gasteiger partial charge is 0.411 e. The largest absolute Gasteiger partial charge is 0.492 e. The molecule has 0 unspecified atom stereocenters. The first-order valence-corrected chi connectivity index (χ1v) is 13.8. The van der Waals surface area contributed by atoms with Crippen molar-refractivity contribution in [2.45, 2.75) is 32.6 Å². The molecule has 1 heterocycles. The standard InChI is InChI=1S/C29H41N5O4/c1-2-37-27-9-4-3-8-26(27)32-29(36)38-19-18-33-14-16-34(17-15-33)25-7-5-6-24(20-25)31-28(35)23-12-10-22(21-30)11-13-23/h3-9,20,22-23H,2,10-19,21,30H2,1H3,(H,31,35)(H,32,36). The second kappa shape index (κ2) is 14.0. The number of amides is 2. The molecule has 1 aliphatic heterocycles. The van der Waals surface area contributed by atoms with E-state index in [4.69, 9.17) is 15.2 Å². The number of nitrogens with zero attached hydrogens (tertiary/aromatic N) is 2. The van der Waals surface area contributed by atoms with Gasteiger partial charge in [0, 0.05) is 50.0 Å². The molecule has 1 saturated carbocycles. The Morgan fingerprint density at radius 1 is 0.974 bits per heavy atom. The molecule has 9 nitrogen and oxygen atoms in total. The Kier molecular flexibility index (Phi) is 10.2. The van der Waals surface area contributed by atoms with Crippen LogP contribution in [0.2, 0.25) is 0 Å². The molecule has 2 aromatic carbocycles. The summed E-state index contributed by atoms with van der Waals surface area (Å²) in [6.45, 7) is 7.62. The second-order valence-electron chi connectivity index (χ2n) is 10.0. The van der Waals surface area contributed by atoms with Crippen LogP contribution in [0.3, 0.4) is 0 Å². The summed E-state index contributed by atoms with van der Waals surface area (Å²) >= 11 is 0. The number of piperazine rings is 1. The zero-order valence-corrected chi connectivity index (χ0v) is 22.4. The van der Waals surface area contributed by atoms with Crippen LogP contribution < -0.4 is 26.0 Å². The molecule has 206 valence electrons. The van der Waals surface area contributed by atoms with E-state index in [-0.39, 0.29) is 11.8 Å². The van der Waals surface area contributed by atoms with Gasteiger partial charge in [0.25, 0.3) is 0 Å². The van der Waals surface area contributed by atoms with E-state index in [1.807, 2.05) is 37.3 Å². The second-order valence-corrected chi connectivity index (χ2v) is 10.0. The summed E-state index contributed by atoms with van der Waals surface area (Å²) in [5, 5.41) is 5.89. The number of rotatable bonds is 10. The molecule has 38 heavy (non-hydrogen) atoms. The van der Waals surface area contributed by atoms with Crippen LogP contribution in [0.25, 0.3) is 0 Å². The van der Waals surface area contributed by atoms with Crippen LogP contribution in [0.15, 0.2) is 48.5 Å². The fourth-order valence-electron chi connectivity index (χ4n) is 5.18. The highest BCUT2D eigenvalue weighted by molar-refractivity contribution is 5.93. The van der Waals surface area contributed by atoms with E-state index in [9.17, 15) is 9.59 Å². The lowest BCUT2D eigenvalue weighted by atomic mass is 9.81. The zero-order valence-electron chi connectivity index (χ0n) is 22.4. The van der Waals surface area contributed by atoms with Crippen molar-refractivity contribution in [3.63, 3.8) is 0 Å². The number of carbonyl (C=O) groups excluding carboxylic acids is 2. The molecule has 0 radical (unpaired) electrons. The number of para-hydroxylation sites is 2. The molecule has 9 heteroatoms. The maximum atomic E-state index is 12.8. The van der Waals surface area contributed by atoms with Crippen molar-refractivity contribution in [1.29, 1.82) is 0 Å². The fraction of sp³-hybridized carbons (Fsp3) is 0.517. The van der Waals surface area contributed by atoms with Crippen LogP contribution in [0.1, 0.15) is 32.6 Å². The minimum absolute atomic E-state index is 0.0775. The molecule has 4 N–H and O–H groups in total. The van der Waals surface area contributed by atoms with Crippen molar-refractivity contribution in [2.24, 2.45) is 17.6 Å². The van der Waals surface area contributed by atoms with E-state index in [0.717, 1.165) is 69.8 Å². The summed E-state index contributed by atoms with van der Waals surface area (Å²) < 4.78 is 10.9. The zero-order chi connectivity index (χ0) is 26.7. The summed E-state index contributed by atoms with van der Waals surface area (Å²) in [4.78, 5) is 29.6. The Bertz CT molecular complexity index is 1050. The summed E-state index contributed by atoms with van der Waals surface area (Å²) in [5.74, 6) is 1.39. The molecule has 0 bridgehead atoms. The van der Waals surface area contributed by atoms with Gasteiger partial charge in [0.1, 0.15) is 12.4 Å². The molecule has 0 aromatic heterocycles. The van der Waals surface area contributed by atoms with Crippen LogP contribution in [0.4, 0.5) is 21.9 Å². The first-order chi connectivity index (χ1) is 18.6. The fourth-order valence-corrected chi connectivity index (χ4v) is 5.18. The van der Waals surface area contributed by atoms with Gasteiger partial charge < -0.3 is 25.4 Å². The summed E-state index contributed by atoms with van der Waals surface area (Å²) in [6, 6.07) is 15.4. The first-order valence-electron chi connectivity index (χ1n) is 13.8. The third kappa shape index (κ3) is 7.85. The third-order valence-electron chi connectivity index (χ3n) is 7.47. The van der Waals surface area contributed by atoms with Crippen molar-refractivity contribution in [3.8, 4) is 5.75 Å². The van der Waals surface area contributed by atoms with E-state index in [1.54, 1.807) is 6.07 Å². The minimum Gasteiger partial charge on any atom is -0.492 e. The van der Waals surface area contributed by atoms with Crippen LogP contribution in [-0.4, -0.2) is 69.4 Å². The SMILES string of the molecule is CCOc1ccccc1NC(=O)OCCN1CCN(c2cccc(NC(=O)C3CCC(CN)CC3)c2)CC1. The minimum atomic E-state index is -0.484. The van der Waals surface area contributed by atoms with Gasteiger partial charge in [0.05, 0.1) is 12.3 Å². The molecule has 0 spiro atoms. The van der Waals surface area contributed by atoms with Crippen molar-refractivity contribution in [3.05, 3.63) is 48.5 Å². The molecule has 1 saturated heterocycles. The van der Waals surface area contributed by atoms with Crippen molar-refractivity contribution in [2.75, 3.05) is 68.0 Å². The van der Waals surface area contributed by atoms with E-state index in [0.29, 0.717) is 37.1 Å². The van der Waals surface area contributed by atoms with Crippen LogP contribution >= 0.6 is 0 Å². The van der Waals surface area contributed by atoms with E-state index in [1.165, 1.54) is 0 Å². The van der Waals surface area contributed by atoms with Gasteiger partial charge in [-0.2, -0.15) is 0 Å². The molecule has 0 atom stereocenters. The number of carbonyl (C=O) groups is 2. The highest BCUT2D eigenvalue weighted by atomic mass is 16.5. The lowest BCUT2D eigenvalue weighted by molar-refractivity contribution is -0.121.